The van der Waals surface area contributed by atoms with Crippen molar-refractivity contribution < 1.29 is 4.79 Å². The summed E-state index contributed by atoms with van der Waals surface area (Å²) in [4.78, 5) is 15.8. The molecule has 1 aromatic heterocycles. The van der Waals surface area contributed by atoms with E-state index in [0.717, 1.165) is 5.56 Å². The molecular formula is C11H8BrN3O. The van der Waals surface area contributed by atoms with E-state index in [-0.39, 0.29) is 11.8 Å². The van der Waals surface area contributed by atoms with Gasteiger partial charge in [-0.3, -0.25) is 4.79 Å². The Morgan fingerprint density at radius 1 is 1.31 bits per heavy atom. The predicted octanol–water partition coefficient (Wildman–Crippen LogP) is 2.22. The third kappa shape index (κ3) is 1.39. The van der Waals surface area contributed by atoms with Crippen LogP contribution in [0.4, 0.5) is 0 Å². The lowest BCUT2D eigenvalue weighted by Gasteiger charge is -2.10. The summed E-state index contributed by atoms with van der Waals surface area (Å²) in [5.41, 5.74) is 1.09. The van der Waals surface area contributed by atoms with Crippen molar-refractivity contribution in [1.29, 1.82) is 0 Å². The van der Waals surface area contributed by atoms with Crippen molar-refractivity contribution in [3.63, 3.8) is 0 Å². The molecular weight excluding hydrogens is 270 g/mol. The number of rotatable bonds is 1. The van der Waals surface area contributed by atoms with Crippen LogP contribution in [0.15, 0.2) is 35.1 Å². The van der Waals surface area contributed by atoms with E-state index in [1.807, 2.05) is 30.3 Å². The Hall–Kier alpha value is -1.49. The minimum atomic E-state index is -0.0116. The molecule has 4 nitrogen and oxygen atoms in total. The number of nitrogens with zero attached hydrogens (tertiary/aromatic N) is 3. The fraction of sp³-hybridized carbons (Fsp3) is 0.182. The summed E-state index contributed by atoms with van der Waals surface area (Å²) in [6.45, 7) is 0. The van der Waals surface area contributed by atoms with Crippen LogP contribution in [0.25, 0.3) is 0 Å². The molecule has 3 rings (SSSR count). The molecule has 1 unspecified atom stereocenters. The number of aromatic nitrogens is 3. The molecule has 0 amide bonds. The summed E-state index contributed by atoms with van der Waals surface area (Å²) in [5, 5.41) is 4.20. The smallest absolute Gasteiger partial charge is 0.217 e. The van der Waals surface area contributed by atoms with Crippen LogP contribution in [-0.4, -0.2) is 20.5 Å². The van der Waals surface area contributed by atoms with E-state index in [4.69, 9.17) is 0 Å². The van der Waals surface area contributed by atoms with Crippen LogP contribution < -0.4 is 0 Å². The van der Waals surface area contributed by atoms with Crippen molar-refractivity contribution in [2.24, 2.45) is 0 Å². The number of benzene rings is 1. The van der Waals surface area contributed by atoms with E-state index in [1.165, 1.54) is 0 Å². The Morgan fingerprint density at radius 3 is 2.81 bits per heavy atom. The minimum absolute atomic E-state index is 0.0116. The molecule has 0 radical (unpaired) electrons. The number of carbonyl (C=O) groups is 1. The molecule has 0 saturated heterocycles. The summed E-state index contributed by atoms with van der Waals surface area (Å²) in [6.07, 6.45) is 0.451. The lowest BCUT2D eigenvalue weighted by molar-refractivity contribution is 0.0987. The molecule has 0 N–H and O–H groups in total. The normalized spacial score (nSPS) is 18.8. The number of ketones is 1. The molecule has 1 aromatic carbocycles. The molecule has 16 heavy (non-hydrogen) atoms. The second-order valence-corrected chi connectivity index (χ2v) is 4.41. The number of halogens is 1. The van der Waals surface area contributed by atoms with E-state index < -0.39 is 0 Å². The van der Waals surface area contributed by atoms with Gasteiger partial charge in [-0.1, -0.05) is 30.3 Å². The van der Waals surface area contributed by atoms with Gasteiger partial charge in [0.15, 0.2) is 5.82 Å². The van der Waals surface area contributed by atoms with Crippen molar-refractivity contribution in [3.05, 3.63) is 46.5 Å². The second-order valence-electron chi connectivity index (χ2n) is 3.70. The van der Waals surface area contributed by atoms with Gasteiger partial charge < -0.3 is 0 Å². The van der Waals surface area contributed by atoms with Gasteiger partial charge >= 0.3 is 0 Å². The van der Waals surface area contributed by atoms with Crippen LogP contribution in [-0.2, 0) is 0 Å². The Morgan fingerprint density at radius 2 is 2.06 bits per heavy atom. The highest BCUT2D eigenvalue weighted by Crippen LogP contribution is 2.30. The quantitative estimate of drug-likeness (QED) is 0.803. The number of hydrogen-bond donors (Lipinski definition) is 0. The summed E-state index contributed by atoms with van der Waals surface area (Å²) in [7, 11) is 0. The lowest BCUT2D eigenvalue weighted by atomic mass is 10.1. The zero-order valence-electron chi connectivity index (χ0n) is 8.30. The molecule has 0 bridgehead atoms. The predicted molar refractivity (Wildman–Crippen MR) is 61.3 cm³/mol. The van der Waals surface area contributed by atoms with Crippen LogP contribution in [0.1, 0.15) is 28.6 Å². The summed E-state index contributed by atoms with van der Waals surface area (Å²) in [5.74, 6) is 0.493. The highest BCUT2D eigenvalue weighted by atomic mass is 79.9. The van der Waals surface area contributed by atoms with E-state index in [9.17, 15) is 4.79 Å². The van der Waals surface area contributed by atoms with Crippen molar-refractivity contribution in [3.8, 4) is 0 Å². The average molecular weight is 278 g/mol. The van der Waals surface area contributed by atoms with Gasteiger partial charge in [0.05, 0.1) is 6.04 Å². The van der Waals surface area contributed by atoms with Gasteiger partial charge in [-0.2, -0.15) is 4.98 Å². The van der Waals surface area contributed by atoms with E-state index in [2.05, 4.69) is 26.0 Å². The molecule has 2 aromatic rings. The number of Topliss-reactive ketones (excluding diaryl/α,β-unsaturated/α-hetero) is 1. The molecule has 1 atom stereocenters. The van der Waals surface area contributed by atoms with Gasteiger partial charge in [0.2, 0.25) is 10.5 Å². The highest BCUT2D eigenvalue weighted by Gasteiger charge is 2.33. The molecule has 80 valence electrons. The molecule has 5 heteroatoms. The topological polar surface area (TPSA) is 47.8 Å². The van der Waals surface area contributed by atoms with Crippen LogP contribution in [0.3, 0.4) is 0 Å². The van der Waals surface area contributed by atoms with Crippen molar-refractivity contribution in [2.45, 2.75) is 12.5 Å². The zero-order chi connectivity index (χ0) is 11.1. The average Bonchev–Trinajstić information content (AvgIpc) is 2.80. The molecule has 0 fully saturated rings. The molecule has 0 saturated carbocycles. The Bertz CT molecular complexity index is 550. The molecule has 0 spiro atoms. The van der Waals surface area contributed by atoms with Crippen LogP contribution >= 0.6 is 15.9 Å². The first-order chi connectivity index (χ1) is 7.75. The van der Waals surface area contributed by atoms with Gasteiger partial charge in [0, 0.05) is 6.42 Å². The first-order valence-corrected chi connectivity index (χ1v) is 5.75. The highest BCUT2D eigenvalue weighted by molar-refractivity contribution is 9.10. The molecule has 1 aliphatic rings. The monoisotopic (exact) mass is 277 g/mol. The van der Waals surface area contributed by atoms with Crippen molar-refractivity contribution >= 4 is 21.7 Å². The zero-order valence-corrected chi connectivity index (χ0v) is 9.89. The van der Waals surface area contributed by atoms with E-state index >= 15 is 0 Å². The van der Waals surface area contributed by atoms with Gasteiger partial charge in [0.1, 0.15) is 0 Å². The van der Waals surface area contributed by atoms with Crippen molar-refractivity contribution in [2.75, 3.05) is 0 Å². The summed E-state index contributed by atoms with van der Waals surface area (Å²) < 4.78 is 2.17. The second kappa shape index (κ2) is 3.52. The maximum atomic E-state index is 11.7. The standard InChI is InChI=1S/C11H8BrN3O/c12-11-13-10-9(16)6-8(15(10)14-11)7-4-2-1-3-5-7/h1-5,8H,6H2. The number of hydrogen-bond acceptors (Lipinski definition) is 3. The van der Waals surface area contributed by atoms with E-state index in [1.54, 1.807) is 4.68 Å². The third-order valence-electron chi connectivity index (χ3n) is 2.71. The number of carbonyl (C=O) groups excluding carboxylic acids is 1. The maximum absolute atomic E-state index is 11.7. The molecule has 0 aliphatic carbocycles. The minimum Gasteiger partial charge on any atom is -0.291 e. The Kier molecular flexibility index (Phi) is 2.14. The fourth-order valence-electron chi connectivity index (χ4n) is 1.99. The first-order valence-electron chi connectivity index (χ1n) is 4.96. The van der Waals surface area contributed by atoms with Crippen LogP contribution in [0.2, 0.25) is 0 Å². The first kappa shape index (κ1) is 9.72. The number of fused-ring (bicyclic) bond motifs is 1. The van der Waals surface area contributed by atoms with E-state index in [0.29, 0.717) is 17.0 Å². The van der Waals surface area contributed by atoms with Crippen LogP contribution in [0.5, 0.6) is 0 Å². The summed E-state index contributed by atoms with van der Waals surface area (Å²) in [6, 6.07) is 9.87. The largest absolute Gasteiger partial charge is 0.291 e. The van der Waals surface area contributed by atoms with Gasteiger partial charge in [-0.15, -0.1) is 5.10 Å². The Labute approximate surface area is 100 Å². The lowest BCUT2D eigenvalue weighted by Crippen LogP contribution is -2.07. The van der Waals surface area contributed by atoms with Gasteiger partial charge in [0.25, 0.3) is 0 Å². The molecule has 2 heterocycles. The fourth-order valence-corrected chi connectivity index (χ4v) is 2.33. The SMILES string of the molecule is O=C1CC(c2ccccc2)n2nc(Br)nc21. The summed E-state index contributed by atoms with van der Waals surface area (Å²) >= 11 is 3.19. The maximum Gasteiger partial charge on any atom is 0.217 e. The molecule has 1 aliphatic heterocycles. The van der Waals surface area contributed by atoms with Crippen LogP contribution in [0, 0.1) is 0 Å². The van der Waals surface area contributed by atoms with Gasteiger partial charge in [-0.25, -0.2) is 4.68 Å². The van der Waals surface area contributed by atoms with Crippen molar-refractivity contribution in [1.82, 2.24) is 14.8 Å². The van der Waals surface area contributed by atoms with Gasteiger partial charge in [-0.05, 0) is 21.5 Å². The Balaban J connectivity index is 2.10. The third-order valence-corrected chi connectivity index (χ3v) is 3.05.